The van der Waals surface area contributed by atoms with E-state index in [1.165, 1.54) is 38.7 Å². The highest BCUT2D eigenvalue weighted by molar-refractivity contribution is 5.70. The van der Waals surface area contributed by atoms with E-state index >= 15 is 0 Å². The van der Waals surface area contributed by atoms with Crippen LogP contribution in [0.15, 0.2) is 12.4 Å². The SMILES string of the molecule is CN1CCCCC1.Cc1cc(C)n2ncnc(N)c12. The molecule has 19 heavy (non-hydrogen) atoms. The second-order valence-corrected chi connectivity index (χ2v) is 5.24. The van der Waals surface area contributed by atoms with Crippen LogP contribution in [0.25, 0.3) is 5.52 Å². The van der Waals surface area contributed by atoms with Gasteiger partial charge in [-0.05, 0) is 58.5 Å². The fourth-order valence-electron chi connectivity index (χ4n) is 2.50. The van der Waals surface area contributed by atoms with Crippen LogP contribution in [-0.2, 0) is 0 Å². The number of piperidine rings is 1. The number of nitrogen functional groups attached to an aromatic ring is 1. The van der Waals surface area contributed by atoms with Crippen molar-refractivity contribution in [1.29, 1.82) is 0 Å². The second kappa shape index (κ2) is 6.02. The maximum absolute atomic E-state index is 5.70. The summed E-state index contributed by atoms with van der Waals surface area (Å²) in [7, 11) is 2.19. The molecule has 0 aliphatic carbocycles. The van der Waals surface area contributed by atoms with Crippen LogP contribution in [0.1, 0.15) is 30.5 Å². The summed E-state index contributed by atoms with van der Waals surface area (Å²) in [6, 6.07) is 2.04. The Labute approximate surface area is 114 Å². The number of rotatable bonds is 0. The highest BCUT2D eigenvalue weighted by atomic mass is 15.2. The fraction of sp³-hybridized carbons (Fsp3) is 0.571. The minimum absolute atomic E-state index is 0.538. The Morgan fingerprint density at radius 1 is 1.16 bits per heavy atom. The predicted octanol–water partition coefficient (Wildman–Crippen LogP) is 2.03. The van der Waals surface area contributed by atoms with E-state index in [9.17, 15) is 0 Å². The maximum Gasteiger partial charge on any atom is 0.151 e. The third-order valence-corrected chi connectivity index (χ3v) is 3.53. The molecule has 1 saturated heterocycles. The summed E-state index contributed by atoms with van der Waals surface area (Å²) in [5, 5.41) is 4.09. The van der Waals surface area contributed by atoms with Crippen molar-refractivity contribution in [2.75, 3.05) is 25.9 Å². The van der Waals surface area contributed by atoms with Crippen LogP contribution >= 0.6 is 0 Å². The topological polar surface area (TPSA) is 59.5 Å². The molecule has 0 saturated carbocycles. The summed E-state index contributed by atoms with van der Waals surface area (Å²) in [4.78, 5) is 6.32. The van der Waals surface area contributed by atoms with Crippen molar-refractivity contribution < 1.29 is 0 Å². The summed E-state index contributed by atoms with van der Waals surface area (Å²) in [6.07, 6.45) is 5.74. The summed E-state index contributed by atoms with van der Waals surface area (Å²) in [5.74, 6) is 0.538. The van der Waals surface area contributed by atoms with Crippen LogP contribution in [0.4, 0.5) is 5.82 Å². The number of nitrogens with zero attached hydrogens (tertiary/aromatic N) is 4. The van der Waals surface area contributed by atoms with Crippen molar-refractivity contribution in [2.45, 2.75) is 33.1 Å². The molecule has 1 aliphatic rings. The lowest BCUT2D eigenvalue weighted by Gasteiger charge is -2.20. The van der Waals surface area contributed by atoms with E-state index in [0.717, 1.165) is 16.8 Å². The van der Waals surface area contributed by atoms with E-state index in [2.05, 4.69) is 22.0 Å². The molecule has 5 heteroatoms. The van der Waals surface area contributed by atoms with Crippen LogP contribution < -0.4 is 5.73 Å². The zero-order valence-electron chi connectivity index (χ0n) is 12.1. The highest BCUT2D eigenvalue weighted by Gasteiger charge is 2.06. The number of hydrogen-bond donors (Lipinski definition) is 1. The van der Waals surface area contributed by atoms with Gasteiger partial charge in [-0.3, -0.25) is 0 Å². The number of nitrogens with two attached hydrogens (primary N) is 1. The van der Waals surface area contributed by atoms with E-state index < -0.39 is 0 Å². The molecule has 1 fully saturated rings. The summed E-state index contributed by atoms with van der Waals surface area (Å²) in [6.45, 7) is 6.63. The molecule has 0 radical (unpaired) electrons. The molecule has 104 valence electrons. The molecule has 0 bridgehead atoms. The predicted molar refractivity (Wildman–Crippen MR) is 78.2 cm³/mol. The average molecular weight is 261 g/mol. The van der Waals surface area contributed by atoms with E-state index in [-0.39, 0.29) is 0 Å². The summed E-state index contributed by atoms with van der Waals surface area (Å²) in [5.41, 5.74) is 8.81. The normalized spacial score (nSPS) is 16.2. The van der Waals surface area contributed by atoms with Gasteiger partial charge < -0.3 is 10.6 Å². The lowest BCUT2D eigenvalue weighted by molar-refractivity contribution is 0.277. The molecule has 3 heterocycles. The highest BCUT2D eigenvalue weighted by Crippen LogP contribution is 2.17. The van der Waals surface area contributed by atoms with Crippen molar-refractivity contribution in [3.8, 4) is 0 Å². The monoisotopic (exact) mass is 261 g/mol. The van der Waals surface area contributed by atoms with Gasteiger partial charge >= 0.3 is 0 Å². The molecule has 2 aromatic rings. The maximum atomic E-state index is 5.70. The molecule has 3 rings (SSSR count). The molecule has 5 nitrogen and oxygen atoms in total. The van der Waals surface area contributed by atoms with Gasteiger partial charge in [0.05, 0.1) is 0 Å². The largest absolute Gasteiger partial charge is 0.382 e. The van der Waals surface area contributed by atoms with Gasteiger partial charge in [0.25, 0.3) is 0 Å². The standard InChI is InChI=1S/C8H10N4.C6H13N/c1-5-3-6(2)12-7(5)8(9)10-4-11-12;1-7-5-3-2-4-6-7/h3-4H,1-2H3,(H2,9,10,11);2-6H2,1H3. The van der Waals surface area contributed by atoms with Gasteiger partial charge in [0.15, 0.2) is 5.82 Å². The van der Waals surface area contributed by atoms with Gasteiger partial charge in [-0.15, -0.1) is 0 Å². The molecule has 2 aromatic heterocycles. The molecule has 0 amide bonds. The first-order valence-electron chi connectivity index (χ1n) is 6.83. The molecule has 1 aliphatic heterocycles. The number of aromatic nitrogens is 3. The molecule has 0 unspecified atom stereocenters. The first-order valence-corrected chi connectivity index (χ1v) is 6.83. The van der Waals surface area contributed by atoms with Crippen molar-refractivity contribution in [3.63, 3.8) is 0 Å². The Morgan fingerprint density at radius 3 is 2.37 bits per heavy atom. The molecule has 2 N–H and O–H groups in total. The van der Waals surface area contributed by atoms with Crippen molar-refractivity contribution >= 4 is 11.3 Å². The van der Waals surface area contributed by atoms with Gasteiger partial charge in [0.1, 0.15) is 11.8 Å². The Hall–Kier alpha value is -1.62. The van der Waals surface area contributed by atoms with Gasteiger partial charge in [-0.1, -0.05) is 6.42 Å². The van der Waals surface area contributed by atoms with Gasteiger partial charge in [0.2, 0.25) is 0 Å². The smallest absolute Gasteiger partial charge is 0.151 e. The lowest BCUT2D eigenvalue weighted by Crippen LogP contribution is -2.24. The van der Waals surface area contributed by atoms with Crippen molar-refractivity contribution in [1.82, 2.24) is 19.5 Å². The van der Waals surface area contributed by atoms with Crippen LogP contribution in [0.5, 0.6) is 0 Å². The molecule has 0 aromatic carbocycles. The second-order valence-electron chi connectivity index (χ2n) is 5.24. The Bertz CT molecular complexity index is 540. The number of fused-ring (bicyclic) bond motifs is 1. The van der Waals surface area contributed by atoms with Crippen LogP contribution in [0, 0.1) is 13.8 Å². The molecule has 0 atom stereocenters. The van der Waals surface area contributed by atoms with Crippen LogP contribution in [-0.4, -0.2) is 39.6 Å². The zero-order valence-corrected chi connectivity index (χ0v) is 12.1. The first-order chi connectivity index (χ1) is 9.09. The quantitative estimate of drug-likeness (QED) is 0.788. The first kappa shape index (κ1) is 13.8. The van der Waals surface area contributed by atoms with Gasteiger partial charge in [0, 0.05) is 5.69 Å². The number of aryl methyl sites for hydroxylation is 2. The third-order valence-electron chi connectivity index (χ3n) is 3.53. The van der Waals surface area contributed by atoms with Crippen molar-refractivity contribution in [2.24, 2.45) is 0 Å². The average Bonchev–Trinajstić information content (AvgIpc) is 2.68. The van der Waals surface area contributed by atoms with E-state index in [1.807, 2.05) is 19.9 Å². The molecule has 0 spiro atoms. The summed E-state index contributed by atoms with van der Waals surface area (Å²) < 4.78 is 1.80. The Kier molecular flexibility index (Phi) is 4.37. The number of likely N-dealkylation sites (tertiary alicyclic amines) is 1. The third kappa shape index (κ3) is 3.23. The van der Waals surface area contributed by atoms with Gasteiger partial charge in [-0.25, -0.2) is 9.50 Å². The van der Waals surface area contributed by atoms with E-state index in [0.29, 0.717) is 5.82 Å². The zero-order chi connectivity index (χ0) is 13.8. The lowest BCUT2D eigenvalue weighted by atomic mass is 10.1. The number of hydrogen-bond acceptors (Lipinski definition) is 4. The minimum atomic E-state index is 0.538. The van der Waals surface area contributed by atoms with E-state index in [1.54, 1.807) is 4.52 Å². The van der Waals surface area contributed by atoms with Crippen LogP contribution in [0.3, 0.4) is 0 Å². The minimum Gasteiger partial charge on any atom is -0.382 e. The van der Waals surface area contributed by atoms with Crippen molar-refractivity contribution in [3.05, 3.63) is 23.7 Å². The summed E-state index contributed by atoms with van der Waals surface area (Å²) >= 11 is 0. The van der Waals surface area contributed by atoms with Gasteiger partial charge in [-0.2, -0.15) is 5.10 Å². The Morgan fingerprint density at radius 2 is 1.84 bits per heavy atom. The number of anilines is 1. The van der Waals surface area contributed by atoms with E-state index in [4.69, 9.17) is 5.73 Å². The fourth-order valence-corrected chi connectivity index (χ4v) is 2.50. The molecular formula is C14H23N5. The Balaban J connectivity index is 0.000000163. The van der Waals surface area contributed by atoms with Crippen LogP contribution in [0.2, 0.25) is 0 Å². The molecular weight excluding hydrogens is 238 g/mol.